The fourth-order valence-corrected chi connectivity index (χ4v) is 0.285. The third kappa shape index (κ3) is 4.77. The van der Waals surface area contributed by atoms with Crippen LogP contribution in [0.1, 0.15) is 6.92 Å². The zero-order valence-corrected chi connectivity index (χ0v) is 5.20. The lowest BCUT2D eigenvalue weighted by Crippen LogP contribution is -2.05. The zero-order chi connectivity index (χ0) is 7.11. The van der Waals surface area contributed by atoms with Crippen molar-refractivity contribution in [2.75, 3.05) is 0 Å². The topological polar surface area (TPSA) is 52.3 Å². The SMILES string of the molecule is C/C=C/C=C/C(=O)ON. The first kappa shape index (κ1) is 7.91. The Kier molecular flexibility index (Phi) is 4.44. The van der Waals surface area contributed by atoms with Crippen LogP contribution in [0.4, 0.5) is 0 Å². The number of carbonyl (C=O) groups excluding carboxylic acids is 1. The molecule has 0 bridgehead atoms. The summed E-state index contributed by atoms with van der Waals surface area (Å²) in [6, 6.07) is 0. The van der Waals surface area contributed by atoms with E-state index in [0.29, 0.717) is 0 Å². The minimum atomic E-state index is -0.548. The second-order valence-corrected chi connectivity index (χ2v) is 1.32. The van der Waals surface area contributed by atoms with Crippen LogP contribution in [-0.4, -0.2) is 5.97 Å². The molecule has 0 rings (SSSR count). The summed E-state index contributed by atoms with van der Waals surface area (Å²) in [5.41, 5.74) is 0. The molecule has 3 nitrogen and oxygen atoms in total. The maximum Gasteiger partial charge on any atom is 0.349 e. The lowest BCUT2D eigenvalue weighted by atomic mass is 10.4. The zero-order valence-electron chi connectivity index (χ0n) is 5.20. The molecule has 2 N–H and O–H groups in total. The normalized spacial score (nSPS) is 10.9. The first-order chi connectivity index (χ1) is 4.31. The van der Waals surface area contributed by atoms with Gasteiger partial charge in [-0.2, -0.15) is 5.90 Å². The van der Waals surface area contributed by atoms with Gasteiger partial charge in [-0.05, 0) is 6.92 Å². The van der Waals surface area contributed by atoms with Gasteiger partial charge in [-0.3, -0.25) is 0 Å². The molecule has 9 heavy (non-hydrogen) atoms. The van der Waals surface area contributed by atoms with E-state index < -0.39 is 5.97 Å². The van der Waals surface area contributed by atoms with Crippen molar-refractivity contribution >= 4 is 5.97 Å². The van der Waals surface area contributed by atoms with Crippen LogP contribution < -0.4 is 5.90 Å². The summed E-state index contributed by atoms with van der Waals surface area (Å²) in [5, 5.41) is 0. The van der Waals surface area contributed by atoms with Crippen LogP contribution in [0, 0.1) is 0 Å². The van der Waals surface area contributed by atoms with E-state index >= 15 is 0 Å². The Morgan fingerprint density at radius 1 is 1.56 bits per heavy atom. The van der Waals surface area contributed by atoms with Crippen molar-refractivity contribution in [2.24, 2.45) is 5.90 Å². The predicted octanol–water partition coefficient (Wildman–Crippen LogP) is 0.536. The van der Waals surface area contributed by atoms with Gasteiger partial charge < -0.3 is 4.84 Å². The molecule has 0 amide bonds. The minimum absolute atomic E-state index is 0.548. The highest BCUT2D eigenvalue weighted by atomic mass is 16.7. The van der Waals surface area contributed by atoms with Crippen LogP contribution in [0.15, 0.2) is 24.3 Å². The number of hydrogen-bond donors (Lipinski definition) is 1. The lowest BCUT2D eigenvalue weighted by molar-refractivity contribution is -0.138. The maximum atomic E-state index is 10.2. The summed E-state index contributed by atoms with van der Waals surface area (Å²) in [6.45, 7) is 1.85. The van der Waals surface area contributed by atoms with E-state index in [1.807, 2.05) is 6.92 Å². The van der Waals surface area contributed by atoms with Crippen molar-refractivity contribution in [3.63, 3.8) is 0 Å². The fraction of sp³-hybridized carbons (Fsp3) is 0.167. The largest absolute Gasteiger partial charge is 0.370 e. The monoisotopic (exact) mass is 127 g/mol. The lowest BCUT2D eigenvalue weighted by Gasteiger charge is -1.84. The Morgan fingerprint density at radius 3 is 2.67 bits per heavy atom. The summed E-state index contributed by atoms with van der Waals surface area (Å²) in [4.78, 5) is 14.1. The predicted molar refractivity (Wildman–Crippen MR) is 34.2 cm³/mol. The van der Waals surface area contributed by atoms with E-state index in [-0.39, 0.29) is 0 Å². The summed E-state index contributed by atoms with van der Waals surface area (Å²) >= 11 is 0. The van der Waals surface area contributed by atoms with Crippen LogP contribution in [-0.2, 0) is 9.63 Å². The third-order valence-electron chi connectivity index (χ3n) is 0.652. The average Bonchev–Trinajstić information content (AvgIpc) is 1.89. The molecule has 0 aromatic carbocycles. The Hall–Kier alpha value is -1.09. The number of nitrogens with two attached hydrogens (primary N) is 1. The highest BCUT2D eigenvalue weighted by Gasteiger charge is 1.86. The van der Waals surface area contributed by atoms with Crippen LogP contribution in [0.25, 0.3) is 0 Å². The summed E-state index contributed by atoms with van der Waals surface area (Å²) in [6.07, 6.45) is 6.28. The third-order valence-corrected chi connectivity index (χ3v) is 0.652. The van der Waals surface area contributed by atoms with Crippen molar-refractivity contribution in [1.29, 1.82) is 0 Å². The molecule has 3 heteroatoms. The van der Waals surface area contributed by atoms with E-state index in [0.717, 1.165) is 0 Å². The smallest absolute Gasteiger partial charge is 0.349 e. The molecule has 0 aliphatic carbocycles. The molecule has 0 spiro atoms. The van der Waals surface area contributed by atoms with Crippen molar-refractivity contribution in [3.8, 4) is 0 Å². The molecule has 0 aliphatic rings. The van der Waals surface area contributed by atoms with E-state index in [1.54, 1.807) is 18.2 Å². The molecular weight excluding hydrogens is 118 g/mol. The highest BCUT2D eigenvalue weighted by Crippen LogP contribution is 1.77. The van der Waals surface area contributed by atoms with Crippen molar-refractivity contribution < 1.29 is 9.63 Å². The first-order valence-electron chi connectivity index (χ1n) is 2.51. The fourth-order valence-electron chi connectivity index (χ4n) is 0.285. The number of allylic oxidation sites excluding steroid dienone is 3. The van der Waals surface area contributed by atoms with Crippen molar-refractivity contribution in [1.82, 2.24) is 0 Å². The van der Waals surface area contributed by atoms with Crippen LogP contribution in [0.5, 0.6) is 0 Å². The van der Waals surface area contributed by atoms with Gasteiger partial charge in [0.15, 0.2) is 0 Å². The molecule has 0 unspecified atom stereocenters. The molecule has 0 radical (unpaired) electrons. The molecule has 0 fully saturated rings. The van der Waals surface area contributed by atoms with Crippen molar-refractivity contribution in [2.45, 2.75) is 6.92 Å². The Balaban J connectivity index is 3.57. The van der Waals surface area contributed by atoms with Gasteiger partial charge in [-0.1, -0.05) is 18.2 Å². The van der Waals surface area contributed by atoms with Gasteiger partial charge in [-0.15, -0.1) is 0 Å². The van der Waals surface area contributed by atoms with E-state index in [9.17, 15) is 4.79 Å². The number of carbonyl (C=O) groups is 1. The molecular formula is C6H9NO2. The molecule has 0 aromatic rings. The van der Waals surface area contributed by atoms with Gasteiger partial charge in [0.05, 0.1) is 0 Å². The second kappa shape index (κ2) is 5.05. The minimum Gasteiger partial charge on any atom is -0.370 e. The Morgan fingerprint density at radius 2 is 2.22 bits per heavy atom. The van der Waals surface area contributed by atoms with E-state index in [1.165, 1.54) is 6.08 Å². The first-order valence-corrected chi connectivity index (χ1v) is 2.51. The van der Waals surface area contributed by atoms with Gasteiger partial charge >= 0.3 is 5.97 Å². The van der Waals surface area contributed by atoms with E-state index in [2.05, 4.69) is 10.7 Å². The van der Waals surface area contributed by atoms with Crippen LogP contribution in [0.2, 0.25) is 0 Å². The molecule has 0 atom stereocenters. The van der Waals surface area contributed by atoms with Gasteiger partial charge in [0.1, 0.15) is 0 Å². The number of hydrogen-bond acceptors (Lipinski definition) is 3. The molecule has 0 aromatic heterocycles. The molecule has 0 heterocycles. The molecule has 0 saturated carbocycles. The van der Waals surface area contributed by atoms with Gasteiger partial charge in [0.2, 0.25) is 0 Å². The summed E-state index contributed by atoms with van der Waals surface area (Å²) in [7, 11) is 0. The maximum absolute atomic E-state index is 10.2. The molecule has 0 aliphatic heterocycles. The van der Waals surface area contributed by atoms with Crippen molar-refractivity contribution in [3.05, 3.63) is 24.3 Å². The Bertz CT molecular complexity index is 138. The second-order valence-electron chi connectivity index (χ2n) is 1.32. The summed E-state index contributed by atoms with van der Waals surface area (Å²) < 4.78 is 0. The number of rotatable bonds is 2. The average molecular weight is 127 g/mol. The van der Waals surface area contributed by atoms with E-state index in [4.69, 9.17) is 0 Å². The van der Waals surface area contributed by atoms with Crippen LogP contribution in [0.3, 0.4) is 0 Å². The van der Waals surface area contributed by atoms with Crippen LogP contribution >= 0.6 is 0 Å². The van der Waals surface area contributed by atoms with Gasteiger partial charge in [-0.25, -0.2) is 4.79 Å². The van der Waals surface area contributed by atoms with Gasteiger partial charge in [0, 0.05) is 6.08 Å². The molecule has 50 valence electrons. The molecule has 0 saturated heterocycles. The standard InChI is InChI=1S/C6H9NO2/c1-2-3-4-5-6(8)9-7/h2-5H,7H2,1H3/b3-2+,5-4+. The summed E-state index contributed by atoms with van der Waals surface area (Å²) in [5.74, 6) is 3.98. The highest BCUT2D eigenvalue weighted by molar-refractivity contribution is 5.81. The quantitative estimate of drug-likeness (QED) is 0.334. The van der Waals surface area contributed by atoms with Gasteiger partial charge in [0.25, 0.3) is 0 Å². The Labute approximate surface area is 53.8 Å².